The van der Waals surface area contributed by atoms with Crippen LogP contribution < -0.4 is 10.1 Å². The molecule has 1 amide bonds. The maximum atomic E-state index is 13.0. The van der Waals surface area contributed by atoms with Gasteiger partial charge in [-0.15, -0.1) is 0 Å². The second kappa shape index (κ2) is 8.12. The summed E-state index contributed by atoms with van der Waals surface area (Å²) in [6.07, 6.45) is -3.94. The Morgan fingerprint density at radius 2 is 1.96 bits per heavy atom. The molecule has 6 nitrogen and oxygen atoms in total. The number of nitrogens with zero attached hydrogens (tertiary/aromatic N) is 2. The lowest BCUT2D eigenvalue weighted by Gasteiger charge is -2.13. The van der Waals surface area contributed by atoms with E-state index in [0.717, 1.165) is 6.07 Å². The van der Waals surface area contributed by atoms with Crippen molar-refractivity contribution in [2.24, 2.45) is 0 Å². The van der Waals surface area contributed by atoms with Gasteiger partial charge in [0.05, 0.1) is 11.3 Å². The molecule has 0 aliphatic carbocycles. The molecule has 1 N–H and O–H groups in total. The molecule has 3 aromatic rings. The van der Waals surface area contributed by atoms with E-state index in [4.69, 9.17) is 9.26 Å². The van der Waals surface area contributed by atoms with Gasteiger partial charge in [0.2, 0.25) is 0 Å². The maximum Gasteiger partial charge on any atom is 0.418 e. The molecule has 0 spiro atoms. The largest absolute Gasteiger partial charge is 0.484 e. The van der Waals surface area contributed by atoms with Crippen molar-refractivity contribution in [2.75, 3.05) is 11.9 Å². The Balaban J connectivity index is 1.65. The SMILES string of the molecule is CCc1noc(-c2cccc(OCC(=O)Nc3ccccc3C(F)(F)F)c2)n1. The molecule has 0 aliphatic rings. The van der Waals surface area contributed by atoms with Gasteiger partial charge in [0, 0.05) is 12.0 Å². The molecule has 0 saturated heterocycles. The minimum absolute atomic E-state index is 0.311. The Hall–Kier alpha value is -3.36. The first-order valence-corrected chi connectivity index (χ1v) is 8.38. The van der Waals surface area contributed by atoms with Crippen molar-refractivity contribution in [1.29, 1.82) is 0 Å². The van der Waals surface area contributed by atoms with Crippen LogP contribution in [0.5, 0.6) is 5.75 Å². The van der Waals surface area contributed by atoms with Crippen LogP contribution in [0.4, 0.5) is 18.9 Å². The Morgan fingerprint density at radius 3 is 2.68 bits per heavy atom. The normalized spacial score (nSPS) is 11.3. The lowest BCUT2D eigenvalue weighted by Crippen LogP contribution is -2.22. The van der Waals surface area contributed by atoms with Gasteiger partial charge in [0.1, 0.15) is 5.75 Å². The average Bonchev–Trinajstić information content (AvgIpc) is 3.16. The van der Waals surface area contributed by atoms with E-state index < -0.39 is 24.3 Å². The molecule has 1 heterocycles. The van der Waals surface area contributed by atoms with E-state index in [0.29, 0.717) is 29.4 Å². The minimum atomic E-state index is -4.57. The van der Waals surface area contributed by atoms with Gasteiger partial charge in [0.25, 0.3) is 11.8 Å². The van der Waals surface area contributed by atoms with Gasteiger partial charge in [-0.2, -0.15) is 18.2 Å². The molecular weight excluding hydrogens is 375 g/mol. The van der Waals surface area contributed by atoms with Crippen molar-refractivity contribution < 1.29 is 27.2 Å². The summed E-state index contributed by atoms with van der Waals surface area (Å²) in [5.41, 5.74) is -0.642. The van der Waals surface area contributed by atoms with Crippen molar-refractivity contribution in [3.8, 4) is 17.2 Å². The summed E-state index contributed by atoms with van der Waals surface area (Å²) in [5.74, 6) is 0.496. The summed E-state index contributed by atoms with van der Waals surface area (Å²) < 4.78 is 49.5. The number of aromatic nitrogens is 2. The third-order valence-electron chi connectivity index (χ3n) is 3.74. The van der Waals surface area contributed by atoms with Gasteiger partial charge in [-0.25, -0.2) is 0 Å². The van der Waals surface area contributed by atoms with Gasteiger partial charge in [-0.3, -0.25) is 4.79 Å². The highest BCUT2D eigenvalue weighted by Gasteiger charge is 2.33. The zero-order valence-electron chi connectivity index (χ0n) is 14.8. The molecule has 0 bridgehead atoms. The lowest BCUT2D eigenvalue weighted by molar-refractivity contribution is -0.137. The fourth-order valence-electron chi connectivity index (χ4n) is 2.41. The van der Waals surface area contributed by atoms with Gasteiger partial charge in [0.15, 0.2) is 12.4 Å². The van der Waals surface area contributed by atoms with Gasteiger partial charge < -0.3 is 14.6 Å². The van der Waals surface area contributed by atoms with Crippen LogP contribution in [-0.4, -0.2) is 22.7 Å². The van der Waals surface area contributed by atoms with Crippen LogP contribution in [0.1, 0.15) is 18.3 Å². The maximum absolute atomic E-state index is 13.0. The molecule has 1 aromatic heterocycles. The molecule has 0 radical (unpaired) electrons. The zero-order valence-corrected chi connectivity index (χ0v) is 14.8. The summed E-state index contributed by atoms with van der Waals surface area (Å²) in [4.78, 5) is 16.2. The number of ether oxygens (including phenoxy) is 1. The number of aryl methyl sites for hydroxylation is 1. The molecule has 0 unspecified atom stereocenters. The Labute approximate surface area is 158 Å². The number of anilines is 1. The Morgan fingerprint density at radius 1 is 1.18 bits per heavy atom. The fourth-order valence-corrected chi connectivity index (χ4v) is 2.41. The van der Waals surface area contributed by atoms with Crippen molar-refractivity contribution in [1.82, 2.24) is 10.1 Å². The molecule has 9 heteroatoms. The third-order valence-corrected chi connectivity index (χ3v) is 3.74. The van der Waals surface area contributed by atoms with E-state index in [2.05, 4.69) is 15.5 Å². The number of nitrogens with one attached hydrogen (secondary N) is 1. The van der Waals surface area contributed by atoms with Gasteiger partial charge in [-0.05, 0) is 30.3 Å². The second-order valence-electron chi connectivity index (χ2n) is 5.78. The molecular formula is C19H16F3N3O3. The highest BCUT2D eigenvalue weighted by molar-refractivity contribution is 5.92. The predicted molar refractivity (Wildman–Crippen MR) is 94.7 cm³/mol. The summed E-state index contributed by atoms with van der Waals surface area (Å²) in [6.45, 7) is 1.43. The topological polar surface area (TPSA) is 77.2 Å². The number of alkyl halides is 3. The van der Waals surface area contributed by atoms with E-state index in [1.165, 1.54) is 18.2 Å². The van der Waals surface area contributed by atoms with Crippen LogP contribution in [0.2, 0.25) is 0 Å². The summed E-state index contributed by atoms with van der Waals surface area (Å²) in [6, 6.07) is 11.4. The number of carbonyl (C=O) groups is 1. The van der Waals surface area contributed by atoms with E-state index in [1.54, 1.807) is 24.3 Å². The molecule has 0 atom stereocenters. The van der Waals surface area contributed by atoms with E-state index in [9.17, 15) is 18.0 Å². The molecule has 2 aromatic carbocycles. The molecule has 146 valence electrons. The summed E-state index contributed by atoms with van der Waals surface area (Å²) >= 11 is 0. The minimum Gasteiger partial charge on any atom is -0.484 e. The van der Waals surface area contributed by atoms with E-state index in [-0.39, 0.29) is 5.69 Å². The quantitative estimate of drug-likeness (QED) is 0.677. The Kier molecular flexibility index (Phi) is 5.62. The van der Waals surface area contributed by atoms with Crippen molar-refractivity contribution in [2.45, 2.75) is 19.5 Å². The third kappa shape index (κ3) is 4.67. The van der Waals surface area contributed by atoms with Crippen LogP contribution in [0.3, 0.4) is 0 Å². The van der Waals surface area contributed by atoms with Crippen molar-refractivity contribution >= 4 is 11.6 Å². The average molecular weight is 391 g/mol. The van der Waals surface area contributed by atoms with Crippen LogP contribution in [0.15, 0.2) is 53.1 Å². The number of hydrogen-bond donors (Lipinski definition) is 1. The highest BCUT2D eigenvalue weighted by Crippen LogP contribution is 2.34. The van der Waals surface area contributed by atoms with Crippen LogP contribution >= 0.6 is 0 Å². The van der Waals surface area contributed by atoms with Gasteiger partial charge >= 0.3 is 6.18 Å². The lowest BCUT2D eigenvalue weighted by atomic mass is 10.1. The Bertz CT molecular complexity index is 970. The standard InChI is InChI=1S/C19H16F3N3O3/c1-2-16-24-18(28-25-16)12-6-5-7-13(10-12)27-11-17(26)23-15-9-4-3-8-14(15)19(20,21)22/h3-10H,2,11H2,1H3,(H,23,26). The monoisotopic (exact) mass is 391 g/mol. The zero-order chi connectivity index (χ0) is 20.1. The number of benzene rings is 2. The number of carbonyl (C=O) groups excluding carboxylic acids is 1. The number of rotatable bonds is 6. The summed E-state index contributed by atoms with van der Waals surface area (Å²) in [7, 11) is 0. The van der Waals surface area contributed by atoms with Gasteiger partial charge in [-0.1, -0.05) is 30.3 Å². The number of hydrogen-bond acceptors (Lipinski definition) is 5. The van der Waals surface area contributed by atoms with Crippen LogP contribution in [0.25, 0.3) is 11.5 Å². The second-order valence-corrected chi connectivity index (χ2v) is 5.78. The first-order valence-electron chi connectivity index (χ1n) is 8.38. The van der Waals surface area contributed by atoms with Crippen molar-refractivity contribution in [3.63, 3.8) is 0 Å². The number of halogens is 3. The fraction of sp³-hybridized carbons (Fsp3) is 0.211. The van der Waals surface area contributed by atoms with E-state index in [1.807, 2.05) is 6.92 Å². The van der Waals surface area contributed by atoms with Crippen molar-refractivity contribution in [3.05, 3.63) is 59.9 Å². The first kappa shape index (κ1) is 19.4. The first-order chi connectivity index (χ1) is 13.4. The predicted octanol–water partition coefficient (Wildman–Crippen LogP) is 4.34. The molecule has 0 aliphatic heterocycles. The van der Waals surface area contributed by atoms with Crippen LogP contribution in [0, 0.1) is 0 Å². The molecule has 0 fully saturated rings. The smallest absolute Gasteiger partial charge is 0.418 e. The molecule has 28 heavy (non-hydrogen) atoms. The molecule has 3 rings (SSSR count). The number of amides is 1. The number of para-hydroxylation sites is 1. The highest BCUT2D eigenvalue weighted by atomic mass is 19.4. The van der Waals surface area contributed by atoms with E-state index >= 15 is 0 Å². The summed E-state index contributed by atoms with van der Waals surface area (Å²) in [5, 5.41) is 6.03. The van der Waals surface area contributed by atoms with Crippen LogP contribution in [-0.2, 0) is 17.4 Å². The molecule has 0 saturated carbocycles.